The van der Waals surface area contributed by atoms with Crippen LogP contribution >= 0.6 is 11.3 Å². The van der Waals surface area contributed by atoms with Gasteiger partial charge in [-0.3, -0.25) is 4.99 Å². The van der Waals surface area contributed by atoms with Gasteiger partial charge in [0.15, 0.2) is 0 Å². The number of hydrogen-bond donors (Lipinski definition) is 0. The minimum atomic E-state index is -0.236. The lowest BCUT2D eigenvalue weighted by atomic mass is 9.95. The Labute approximate surface area is 156 Å². The summed E-state index contributed by atoms with van der Waals surface area (Å²) in [5.41, 5.74) is 2.88. The van der Waals surface area contributed by atoms with Crippen molar-refractivity contribution >= 4 is 17.6 Å². The fourth-order valence-electron chi connectivity index (χ4n) is 3.69. The molecule has 1 fully saturated rings. The summed E-state index contributed by atoms with van der Waals surface area (Å²) in [4.78, 5) is 5.48. The second-order valence-electron chi connectivity index (χ2n) is 7.20. The van der Waals surface area contributed by atoms with Gasteiger partial charge in [0.05, 0.1) is 12.2 Å². The maximum absolute atomic E-state index is 13.3. The van der Waals surface area contributed by atoms with E-state index in [1.54, 1.807) is 23.5 Å². The van der Waals surface area contributed by atoms with Crippen molar-refractivity contribution in [2.45, 2.75) is 19.8 Å². The van der Waals surface area contributed by atoms with Gasteiger partial charge < -0.3 is 0 Å². The Hall–Kier alpha value is -2.27. The monoisotopic (exact) mass is 367 g/mol. The number of rotatable bonds is 5. The molecule has 1 aromatic heterocycles. The number of allylic oxidation sites excluding steroid dienone is 2. The van der Waals surface area contributed by atoms with E-state index in [1.165, 1.54) is 25.0 Å². The first-order valence-corrected chi connectivity index (χ1v) is 9.82. The summed E-state index contributed by atoms with van der Waals surface area (Å²) < 4.78 is 15.2. The lowest BCUT2D eigenvalue weighted by Crippen LogP contribution is -2.15. The van der Waals surface area contributed by atoms with Gasteiger partial charge >= 0.3 is 0 Å². The molecule has 0 spiro atoms. The van der Waals surface area contributed by atoms with Gasteiger partial charge in [0.25, 0.3) is 0 Å². The van der Waals surface area contributed by atoms with Gasteiger partial charge in [-0.2, -0.15) is 5.10 Å². The highest BCUT2D eigenvalue weighted by Crippen LogP contribution is 2.42. The predicted octanol–water partition coefficient (Wildman–Crippen LogP) is 4.88. The number of thiazole rings is 1. The molecule has 0 radical (unpaired) electrons. The van der Waals surface area contributed by atoms with Gasteiger partial charge in [0.2, 0.25) is 4.80 Å². The van der Waals surface area contributed by atoms with E-state index in [9.17, 15) is 4.39 Å². The first kappa shape index (κ1) is 17.2. The van der Waals surface area contributed by atoms with Crippen LogP contribution in [-0.4, -0.2) is 17.4 Å². The van der Waals surface area contributed by atoms with Crippen LogP contribution in [-0.2, 0) is 0 Å². The summed E-state index contributed by atoms with van der Waals surface area (Å²) >= 11 is 1.55. The van der Waals surface area contributed by atoms with Crippen molar-refractivity contribution in [3.05, 3.63) is 64.6 Å². The van der Waals surface area contributed by atoms with Gasteiger partial charge in [-0.25, -0.2) is 9.07 Å². The Kier molecular flexibility index (Phi) is 4.72. The van der Waals surface area contributed by atoms with E-state index in [4.69, 9.17) is 5.10 Å². The molecule has 0 amide bonds. The van der Waals surface area contributed by atoms with Gasteiger partial charge in [-0.05, 0) is 55.9 Å². The highest BCUT2D eigenvalue weighted by Gasteiger charge is 2.34. The van der Waals surface area contributed by atoms with Crippen molar-refractivity contribution < 1.29 is 4.39 Å². The summed E-state index contributed by atoms with van der Waals surface area (Å²) in [6, 6.07) is 6.53. The van der Waals surface area contributed by atoms with Crippen molar-refractivity contribution in [2.75, 3.05) is 6.54 Å². The van der Waals surface area contributed by atoms with Gasteiger partial charge in [0.1, 0.15) is 5.82 Å². The van der Waals surface area contributed by atoms with E-state index in [1.807, 2.05) is 17.0 Å². The molecule has 2 aliphatic rings. The molecule has 134 valence electrons. The van der Waals surface area contributed by atoms with Crippen LogP contribution in [0, 0.1) is 23.6 Å². The van der Waals surface area contributed by atoms with E-state index in [-0.39, 0.29) is 5.82 Å². The summed E-state index contributed by atoms with van der Waals surface area (Å²) in [6.07, 6.45) is 9.18. The maximum atomic E-state index is 13.3. The van der Waals surface area contributed by atoms with Crippen LogP contribution < -0.4 is 4.80 Å². The molecule has 0 saturated heterocycles. The predicted molar refractivity (Wildman–Crippen MR) is 106 cm³/mol. The average molecular weight is 367 g/mol. The summed E-state index contributed by atoms with van der Waals surface area (Å²) in [7, 11) is 0. The van der Waals surface area contributed by atoms with E-state index in [0.717, 1.165) is 21.6 Å². The molecule has 26 heavy (non-hydrogen) atoms. The molecule has 1 saturated carbocycles. The smallest absolute Gasteiger partial charge is 0.206 e. The Morgan fingerprint density at radius 2 is 2.12 bits per heavy atom. The third-order valence-electron chi connectivity index (χ3n) is 5.01. The fraction of sp³-hybridized carbons (Fsp3) is 0.333. The Bertz CT molecular complexity index is 933. The fourth-order valence-corrected chi connectivity index (χ4v) is 4.53. The van der Waals surface area contributed by atoms with Crippen molar-refractivity contribution in [3.8, 4) is 11.3 Å². The molecule has 3 nitrogen and oxygen atoms in total. The highest BCUT2D eigenvalue weighted by atomic mass is 32.1. The number of nitrogens with zero attached hydrogens (tertiary/aromatic N) is 3. The van der Waals surface area contributed by atoms with E-state index >= 15 is 0 Å². The van der Waals surface area contributed by atoms with Crippen molar-refractivity contribution in [3.63, 3.8) is 0 Å². The molecule has 3 unspecified atom stereocenters. The molecule has 2 aliphatic carbocycles. The minimum absolute atomic E-state index is 0.236. The Morgan fingerprint density at radius 1 is 1.31 bits per heavy atom. The molecule has 1 aromatic carbocycles. The van der Waals surface area contributed by atoms with E-state index in [0.29, 0.717) is 24.3 Å². The quantitative estimate of drug-likeness (QED) is 0.533. The zero-order valence-electron chi connectivity index (χ0n) is 14.8. The second kappa shape index (κ2) is 7.16. The molecule has 3 atom stereocenters. The topological polar surface area (TPSA) is 29.6 Å². The summed E-state index contributed by atoms with van der Waals surface area (Å²) in [5, 5.41) is 6.82. The molecule has 0 aliphatic heterocycles. The highest BCUT2D eigenvalue weighted by molar-refractivity contribution is 7.07. The zero-order valence-corrected chi connectivity index (χ0v) is 15.6. The third-order valence-corrected chi connectivity index (χ3v) is 5.87. The van der Waals surface area contributed by atoms with Crippen LogP contribution in [0.3, 0.4) is 0 Å². The van der Waals surface area contributed by atoms with Gasteiger partial charge in [-0.1, -0.05) is 24.3 Å². The lowest BCUT2D eigenvalue weighted by molar-refractivity contribution is 0.589. The zero-order chi connectivity index (χ0) is 18.1. The number of benzene rings is 1. The molecular weight excluding hydrogens is 345 g/mol. The average Bonchev–Trinajstić information content (AvgIpc) is 3.34. The van der Waals surface area contributed by atoms with E-state index < -0.39 is 0 Å². The molecule has 2 aromatic rings. The molecule has 0 N–H and O–H groups in total. The van der Waals surface area contributed by atoms with Crippen LogP contribution in [0.5, 0.6) is 0 Å². The normalized spacial score (nSPS) is 24.8. The maximum Gasteiger partial charge on any atom is 0.206 e. The van der Waals surface area contributed by atoms with E-state index in [2.05, 4.69) is 29.9 Å². The van der Waals surface area contributed by atoms with Crippen LogP contribution in [0.15, 0.2) is 64.0 Å². The van der Waals surface area contributed by atoms with Gasteiger partial charge in [-0.15, -0.1) is 11.3 Å². The lowest BCUT2D eigenvalue weighted by Gasteiger charge is -2.12. The standard InChI is InChI=1S/C21H22FN3S/c1-14(2)11-23-21-25(24-12-18-10-15-3-4-17(18)9-15)20(13-26-21)16-5-7-19(22)8-6-16/h3-8,12-13,15,17-18H,1,9-11H2,2H3. The number of halogens is 1. The summed E-state index contributed by atoms with van der Waals surface area (Å²) in [6.45, 7) is 6.47. The summed E-state index contributed by atoms with van der Waals surface area (Å²) in [5.74, 6) is 1.59. The molecular formula is C21H22FN3S. The molecule has 1 heterocycles. The van der Waals surface area contributed by atoms with Crippen LogP contribution in [0.25, 0.3) is 11.3 Å². The largest absolute Gasteiger partial charge is 0.253 e. The first-order valence-electron chi connectivity index (χ1n) is 8.94. The molecule has 5 heteroatoms. The van der Waals surface area contributed by atoms with Crippen LogP contribution in [0.1, 0.15) is 19.8 Å². The van der Waals surface area contributed by atoms with Crippen LogP contribution in [0.4, 0.5) is 4.39 Å². The number of aromatic nitrogens is 1. The Balaban J connectivity index is 1.70. The van der Waals surface area contributed by atoms with Crippen molar-refractivity contribution in [1.29, 1.82) is 0 Å². The molecule has 2 bridgehead atoms. The van der Waals surface area contributed by atoms with Crippen molar-refractivity contribution in [1.82, 2.24) is 4.68 Å². The second-order valence-corrected chi connectivity index (χ2v) is 8.04. The number of hydrogen-bond acceptors (Lipinski definition) is 3. The van der Waals surface area contributed by atoms with Crippen LogP contribution in [0.2, 0.25) is 0 Å². The molecule has 4 rings (SSSR count). The third kappa shape index (κ3) is 3.49. The van der Waals surface area contributed by atoms with Crippen molar-refractivity contribution in [2.24, 2.45) is 27.8 Å². The van der Waals surface area contributed by atoms with Gasteiger partial charge in [0, 0.05) is 23.1 Å². The number of fused-ring (bicyclic) bond motifs is 2. The SMILES string of the molecule is C=C(C)CN=c1scc(-c2ccc(F)cc2)n1N=CC1CC2C=CC1C2. The first-order chi connectivity index (χ1) is 12.6. The minimum Gasteiger partial charge on any atom is -0.253 e. The Morgan fingerprint density at radius 3 is 2.77 bits per heavy atom.